The highest BCUT2D eigenvalue weighted by Gasteiger charge is 2.14. The highest BCUT2D eigenvalue weighted by Crippen LogP contribution is 2.17. The van der Waals surface area contributed by atoms with Crippen LogP contribution < -0.4 is 15.4 Å². The molecule has 2 amide bonds. The number of rotatable bonds is 10. The van der Waals surface area contributed by atoms with Crippen molar-refractivity contribution in [2.45, 2.75) is 13.0 Å². The minimum absolute atomic E-state index is 0.210. The second-order valence-corrected chi connectivity index (χ2v) is 7.30. The van der Waals surface area contributed by atoms with Crippen LogP contribution in [0.3, 0.4) is 0 Å². The van der Waals surface area contributed by atoms with Crippen LogP contribution in [0.25, 0.3) is 0 Å². The van der Waals surface area contributed by atoms with Gasteiger partial charge in [0.25, 0.3) is 11.8 Å². The summed E-state index contributed by atoms with van der Waals surface area (Å²) in [6.07, 6.45) is 0.728. The molecule has 0 aliphatic rings. The van der Waals surface area contributed by atoms with E-state index in [0.29, 0.717) is 29.4 Å². The van der Waals surface area contributed by atoms with Gasteiger partial charge in [-0.05, 0) is 36.8 Å². The standard InChI is InChI=1S/C21H22N4O4S/c1-28-12-6-11-22-19(26)15-7-5-8-16(13-15)23-20(27)21-25-24-18(30-21)14-29-17-9-3-2-4-10-17/h2-5,7-10,13H,6,11-12,14H2,1H3,(H,22,26)(H,23,27). The number of nitrogens with one attached hydrogen (secondary N) is 2. The van der Waals surface area contributed by atoms with Crippen LogP contribution in [0.2, 0.25) is 0 Å². The van der Waals surface area contributed by atoms with Gasteiger partial charge in [-0.1, -0.05) is 35.6 Å². The SMILES string of the molecule is COCCCNC(=O)c1cccc(NC(=O)c2nnc(COc3ccccc3)s2)c1. The fourth-order valence-corrected chi connectivity index (χ4v) is 3.16. The van der Waals surface area contributed by atoms with Gasteiger partial charge in [0.15, 0.2) is 5.01 Å². The number of benzene rings is 2. The molecule has 0 atom stereocenters. The molecule has 0 bridgehead atoms. The number of methoxy groups -OCH3 is 1. The quantitative estimate of drug-likeness (QED) is 0.483. The van der Waals surface area contributed by atoms with Crippen molar-refractivity contribution in [2.75, 3.05) is 25.6 Å². The monoisotopic (exact) mass is 426 g/mol. The molecule has 0 spiro atoms. The number of anilines is 1. The molecule has 156 valence electrons. The predicted molar refractivity (Wildman–Crippen MR) is 114 cm³/mol. The lowest BCUT2D eigenvalue weighted by Crippen LogP contribution is -2.25. The molecule has 2 aromatic carbocycles. The van der Waals surface area contributed by atoms with Gasteiger partial charge in [-0.2, -0.15) is 0 Å². The number of carbonyl (C=O) groups excluding carboxylic acids is 2. The van der Waals surface area contributed by atoms with Crippen LogP contribution in [0.5, 0.6) is 5.75 Å². The van der Waals surface area contributed by atoms with Gasteiger partial charge in [0, 0.05) is 31.5 Å². The maximum Gasteiger partial charge on any atom is 0.286 e. The Morgan fingerprint density at radius 3 is 2.67 bits per heavy atom. The molecule has 1 aromatic heterocycles. The van der Waals surface area contributed by atoms with Gasteiger partial charge in [-0.25, -0.2) is 0 Å². The molecule has 0 aliphatic carbocycles. The third-order valence-electron chi connectivity index (χ3n) is 3.96. The van der Waals surface area contributed by atoms with Crippen LogP contribution in [0.15, 0.2) is 54.6 Å². The predicted octanol–water partition coefficient (Wildman–Crippen LogP) is 3.14. The summed E-state index contributed by atoms with van der Waals surface area (Å²) in [6.45, 7) is 1.33. The van der Waals surface area contributed by atoms with Gasteiger partial charge in [0.1, 0.15) is 12.4 Å². The molecule has 0 saturated carbocycles. The van der Waals surface area contributed by atoms with Gasteiger partial charge in [-0.3, -0.25) is 9.59 Å². The molecule has 0 radical (unpaired) electrons. The molecule has 3 aromatic rings. The first-order valence-electron chi connectivity index (χ1n) is 9.34. The zero-order valence-electron chi connectivity index (χ0n) is 16.5. The topological polar surface area (TPSA) is 102 Å². The van der Waals surface area contributed by atoms with Crippen molar-refractivity contribution in [3.63, 3.8) is 0 Å². The van der Waals surface area contributed by atoms with E-state index in [1.807, 2.05) is 30.3 Å². The van der Waals surface area contributed by atoms with Gasteiger partial charge in [-0.15, -0.1) is 10.2 Å². The highest BCUT2D eigenvalue weighted by molar-refractivity contribution is 7.13. The van der Waals surface area contributed by atoms with Gasteiger partial charge < -0.3 is 20.1 Å². The van der Waals surface area contributed by atoms with Crippen LogP contribution in [0.4, 0.5) is 5.69 Å². The Morgan fingerprint density at radius 2 is 1.87 bits per heavy atom. The Morgan fingerprint density at radius 1 is 1.03 bits per heavy atom. The molecule has 9 heteroatoms. The summed E-state index contributed by atoms with van der Waals surface area (Å²) in [5, 5.41) is 14.3. The average molecular weight is 426 g/mol. The smallest absolute Gasteiger partial charge is 0.286 e. The minimum atomic E-state index is -0.392. The number of hydrogen-bond acceptors (Lipinski definition) is 7. The van der Waals surface area contributed by atoms with Crippen molar-refractivity contribution in [3.8, 4) is 5.75 Å². The Hall–Kier alpha value is -3.30. The number of aromatic nitrogens is 2. The molecule has 2 N–H and O–H groups in total. The molecule has 0 unspecified atom stereocenters. The molecule has 8 nitrogen and oxygen atoms in total. The lowest BCUT2D eigenvalue weighted by Gasteiger charge is -2.07. The molecule has 0 saturated heterocycles. The molecule has 3 rings (SSSR count). The maximum absolute atomic E-state index is 12.5. The second-order valence-electron chi connectivity index (χ2n) is 6.24. The summed E-state index contributed by atoms with van der Waals surface area (Å²) in [5.74, 6) is 0.116. The number of amides is 2. The summed E-state index contributed by atoms with van der Waals surface area (Å²) in [4.78, 5) is 24.7. The summed E-state index contributed by atoms with van der Waals surface area (Å²) >= 11 is 1.16. The van der Waals surface area contributed by atoms with E-state index in [-0.39, 0.29) is 17.5 Å². The van der Waals surface area contributed by atoms with Crippen LogP contribution in [-0.4, -0.2) is 42.3 Å². The summed E-state index contributed by atoms with van der Waals surface area (Å²) in [7, 11) is 1.62. The van der Waals surface area contributed by atoms with E-state index in [1.165, 1.54) is 0 Å². The first kappa shape index (κ1) is 21.4. The zero-order valence-corrected chi connectivity index (χ0v) is 17.3. The lowest BCUT2D eigenvalue weighted by molar-refractivity contribution is 0.0947. The molecule has 0 fully saturated rings. The van der Waals surface area contributed by atoms with Gasteiger partial charge >= 0.3 is 0 Å². The number of carbonyl (C=O) groups is 2. The Bertz CT molecular complexity index is 978. The molecule has 0 aliphatic heterocycles. The van der Waals surface area contributed by atoms with Crippen molar-refractivity contribution in [2.24, 2.45) is 0 Å². The second kappa shape index (κ2) is 11.0. The summed E-state index contributed by atoms with van der Waals surface area (Å²) in [5.41, 5.74) is 0.959. The molecular formula is C21H22N4O4S. The fourth-order valence-electron chi connectivity index (χ4n) is 2.51. The molecule has 1 heterocycles. The third-order valence-corrected chi connectivity index (χ3v) is 4.86. The van der Waals surface area contributed by atoms with E-state index in [2.05, 4.69) is 20.8 Å². The lowest BCUT2D eigenvalue weighted by atomic mass is 10.2. The van der Waals surface area contributed by atoms with Crippen LogP contribution in [0, 0.1) is 0 Å². The highest BCUT2D eigenvalue weighted by atomic mass is 32.1. The van der Waals surface area contributed by atoms with E-state index in [0.717, 1.165) is 23.5 Å². The van der Waals surface area contributed by atoms with E-state index in [4.69, 9.17) is 9.47 Å². The van der Waals surface area contributed by atoms with Crippen LogP contribution in [0.1, 0.15) is 31.6 Å². The average Bonchev–Trinajstić information content (AvgIpc) is 3.25. The Balaban J connectivity index is 1.54. The number of para-hydroxylation sites is 1. The number of nitrogens with zero attached hydrogens (tertiary/aromatic N) is 2. The Labute approximate surface area is 178 Å². The fraction of sp³-hybridized carbons (Fsp3) is 0.238. The third kappa shape index (κ3) is 6.36. The van der Waals surface area contributed by atoms with Crippen molar-refractivity contribution < 1.29 is 19.1 Å². The van der Waals surface area contributed by atoms with E-state index < -0.39 is 5.91 Å². The van der Waals surface area contributed by atoms with Crippen molar-refractivity contribution >= 4 is 28.8 Å². The van der Waals surface area contributed by atoms with Gasteiger partial charge in [0.2, 0.25) is 5.01 Å². The van der Waals surface area contributed by atoms with Crippen molar-refractivity contribution in [1.82, 2.24) is 15.5 Å². The maximum atomic E-state index is 12.5. The first-order chi connectivity index (χ1) is 14.7. The number of hydrogen-bond donors (Lipinski definition) is 2. The van der Waals surface area contributed by atoms with Gasteiger partial charge in [0.05, 0.1) is 0 Å². The zero-order chi connectivity index (χ0) is 21.2. The summed E-state index contributed by atoms with van der Waals surface area (Å²) in [6, 6.07) is 16.1. The van der Waals surface area contributed by atoms with E-state index >= 15 is 0 Å². The minimum Gasteiger partial charge on any atom is -0.486 e. The first-order valence-corrected chi connectivity index (χ1v) is 10.2. The van der Waals surface area contributed by atoms with Crippen molar-refractivity contribution in [1.29, 1.82) is 0 Å². The van der Waals surface area contributed by atoms with Crippen LogP contribution >= 0.6 is 11.3 Å². The number of ether oxygens (including phenoxy) is 2. The van der Waals surface area contributed by atoms with E-state index in [1.54, 1.807) is 31.4 Å². The largest absolute Gasteiger partial charge is 0.486 e. The Kier molecular flexibility index (Phi) is 7.87. The molecule has 30 heavy (non-hydrogen) atoms. The van der Waals surface area contributed by atoms with E-state index in [9.17, 15) is 9.59 Å². The molecular weight excluding hydrogens is 404 g/mol. The normalized spacial score (nSPS) is 10.4. The van der Waals surface area contributed by atoms with Crippen LogP contribution in [-0.2, 0) is 11.3 Å². The van der Waals surface area contributed by atoms with Crippen molar-refractivity contribution in [3.05, 3.63) is 70.2 Å². The summed E-state index contributed by atoms with van der Waals surface area (Å²) < 4.78 is 10.6.